The maximum absolute atomic E-state index is 6.00. The lowest BCUT2D eigenvalue weighted by Gasteiger charge is -2.14. The second-order valence-corrected chi connectivity index (χ2v) is 5.34. The number of rotatable bonds is 5. The van der Waals surface area contributed by atoms with Crippen LogP contribution >= 0.6 is 35.4 Å². The maximum atomic E-state index is 6.00. The molecule has 0 heterocycles. The van der Waals surface area contributed by atoms with E-state index in [0.29, 0.717) is 15.2 Å². The average molecular weight is 308 g/mol. The Hall–Kier alpha value is -0.750. The van der Waals surface area contributed by atoms with Crippen LogP contribution in [-0.2, 0) is 0 Å². The second kappa shape index (κ2) is 7.63. The normalized spacial score (nSPS) is 10.3. The fourth-order valence-electron chi connectivity index (χ4n) is 1.19. The molecule has 0 radical (unpaired) electrons. The molecule has 0 aliphatic heterocycles. The minimum atomic E-state index is 0.530. The predicted molar refractivity (Wildman–Crippen MR) is 81.5 cm³/mol. The van der Waals surface area contributed by atoms with Crippen LogP contribution in [0.3, 0.4) is 0 Å². The van der Waals surface area contributed by atoms with E-state index in [1.807, 2.05) is 0 Å². The number of quaternary nitrogens is 1. The van der Waals surface area contributed by atoms with Gasteiger partial charge in [-0.25, -0.2) is 0 Å². The van der Waals surface area contributed by atoms with E-state index < -0.39 is 0 Å². The summed E-state index contributed by atoms with van der Waals surface area (Å²) in [5, 5.41) is 4.75. The molecule has 1 rings (SSSR count). The lowest BCUT2D eigenvalue weighted by molar-refractivity contribution is -0.856. The smallest absolute Gasteiger partial charge is 0.185 e. The highest BCUT2D eigenvalue weighted by atomic mass is 35.5. The standard InChI is InChI=1S/C11H16Cl2N4S/c1-17(2)6-5-14-11(18)16-15-10-4-3-8(12)7-9(10)13/h3-4,7,15H,5-6H2,1-2H3,(H2,14,16,18)/p+1. The Kier molecular flexibility index (Phi) is 6.49. The van der Waals surface area contributed by atoms with Crippen molar-refractivity contribution in [2.75, 3.05) is 32.6 Å². The third-order valence-electron chi connectivity index (χ3n) is 2.15. The van der Waals surface area contributed by atoms with Crippen LogP contribution < -0.4 is 21.1 Å². The van der Waals surface area contributed by atoms with Gasteiger partial charge in [0.15, 0.2) is 5.11 Å². The molecule has 0 aliphatic rings. The van der Waals surface area contributed by atoms with Crippen LogP contribution in [0.2, 0.25) is 10.0 Å². The van der Waals surface area contributed by atoms with Gasteiger partial charge in [0, 0.05) is 5.02 Å². The SMILES string of the molecule is C[NH+](C)CCNC(=S)NNc1ccc(Cl)cc1Cl. The van der Waals surface area contributed by atoms with Gasteiger partial charge in [0.1, 0.15) is 0 Å². The summed E-state index contributed by atoms with van der Waals surface area (Å²) in [7, 11) is 4.17. The van der Waals surface area contributed by atoms with Crippen LogP contribution in [0.15, 0.2) is 18.2 Å². The molecule has 0 spiro atoms. The first-order valence-corrected chi connectivity index (χ1v) is 6.69. The van der Waals surface area contributed by atoms with Crippen molar-refractivity contribution in [2.24, 2.45) is 0 Å². The molecule has 18 heavy (non-hydrogen) atoms. The van der Waals surface area contributed by atoms with Crippen LogP contribution in [0, 0.1) is 0 Å². The van der Waals surface area contributed by atoms with Gasteiger partial charge in [0.2, 0.25) is 0 Å². The molecule has 0 unspecified atom stereocenters. The predicted octanol–water partition coefficient (Wildman–Crippen LogP) is 0.929. The fraction of sp³-hybridized carbons (Fsp3) is 0.364. The molecule has 4 N–H and O–H groups in total. The van der Waals surface area contributed by atoms with Crippen molar-refractivity contribution in [1.29, 1.82) is 0 Å². The molecule has 7 heteroatoms. The van der Waals surface area contributed by atoms with Crippen LogP contribution in [-0.4, -0.2) is 32.3 Å². The minimum absolute atomic E-state index is 0.530. The van der Waals surface area contributed by atoms with Crippen molar-refractivity contribution < 1.29 is 4.90 Å². The van der Waals surface area contributed by atoms with Crippen molar-refractivity contribution >= 4 is 46.2 Å². The Balaban J connectivity index is 2.33. The highest BCUT2D eigenvalue weighted by Gasteiger charge is 2.01. The number of hydrazine groups is 1. The summed E-state index contributed by atoms with van der Waals surface area (Å²) in [6, 6.07) is 5.20. The Labute approximate surface area is 123 Å². The van der Waals surface area contributed by atoms with E-state index in [2.05, 4.69) is 30.3 Å². The maximum Gasteiger partial charge on any atom is 0.185 e. The molecule has 1 aromatic rings. The number of anilines is 1. The molecule has 0 atom stereocenters. The van der Waals surface area contributed by atoms with Crippen molar-refractivity contribution in [1.82, 2.24) is 10.7 Å². The molecule has 0 fully saturated rings. The van der Waals surface area contributed by atoms with E-state index >= 15 is 0 Å². The van der Waals surface area contributed by atoms with Crippen LogP contribution in [0.4, 0.5) is 5.69 Å². The molecule has 1 aromatic carbocycles. The van der Waals surface area contributed by atoms with Gasteiger partial charge < -0.3 is 10.2 Å². The Morgan fingerprint density at radius 1 is 1.33 bits per heavy atom. The van der Waals surface area contributed by atoms with Crippen LogP contribution in [0.25, 0.3) is 0 Å². The number of likely N-dealkylation sites (N-methyl/N-ethyl adjacent to an activating group) is 1. The first-order valence-electron chi connectivity index (χ1n) is 5.53. The number of nitrogens with one attached hydrogen (secondary N) is 4. The number of halogens is 2. The number of hydrogen-bond acceptors (Lipinski definition) is 2. The van der Waals surface area contributed by atoms with Gasteiger partial charge in [-0.2, -0.15) is 0 Å². The van der Waals surface area contributed by atoms with Gasteiger partial charge in [0.05, 0.1) is 37.9 Å². The zero-order valence-electron chi connectivity index (χ0n) is 10.3. The van der Waals surface area contributed by atoms with Gasteiger partial charge in [-0.3, -0.25) is 10.9 Å². The Bertz CT molecular complexity index is 412. The zero-order valence-corrected chi connectivity index (χ0v) is 12.6. The van der Waals surface area contributed by atoms with Crippen molar-refractivity contribution in [3.63, 3.8) is 0 Å². The van der Waals surface area contributed by atoms with Gasteiger partial charge in [-0.05, 0) is 30.4 Å². The first-order chi connectivity index (χ1) is 8.49. The van der Waals surface area contributed by atoms with E-state index in [1.54, 1.807) is 18.2 Å². The first kappa shape index (κ1) is 15.3. The van der Waals surface area contributed by atoms with Gasteiger partial charge >= 0.3 is 0 Å². The van der Waals surface area contributed by atoms with Crippen LogP contribution in [0.1, 0.15) is 0 Å². The Morgan fingerprint density at radius 2 is 2.06 bits per heavy atom. The zero-order chi connectivity index (χ0) is 13.5. The number of thiocarbonyl (C=S) groups is 1. The summed E-state index contributed by atoms with van der Waals surface area (Å²) in [5.74, 6) is 0. The number of hydrogen-bond donors (Lipinski definition) is 4. The van der Waals surface area contributed by atoms with E-state index in [4.69, 9.17) is 35.4 Å². The summed E-state index contributed by atoms with van der Waals surface area (Å²) in [5.41, 5.74) is 6.52. The largest absolute Gasteiger partial charge is 0.356 e. The third-order valence-corrected chi connectivity index (χ3v) is 2.95. The summed E-state index contributed by atoms with van der Waals surface area (Å²) in [6.07, 6.45) is 0. The molecule has 4 nitrogen and oxygen atoms in total. The quantitative estimate of drug-likeness (QED) is 0.482. The average Bonchev–Trinajstić information content (AvgIpc) is 2.27. The summed E-state index contributed by atoms with van der Waals surface area (Å²) < 4.78 is 0. The third kappa shape index (κ3) is 5.73. The van der Waals surface area contributed by atoms with E-state index in [1.165, 1.54) is 4.90 Å². The molecular weight excluding hydrogens is 291 g/mol. The monoisotopic (exact) mass is 307 g/mol. The molecule has 100 valence electrons. The van der Waals surface area contributed by atoms with E-state index in [-0.39, 0.29) is 0 Å². The van der Waals surface area contributed by atoms with Crippen molar-refractivity contribution in [3.8, 4) is 0 Å². The molecule has 0 saturated carbocycles. The highest BCUT2D eigenvalue weighted by Crippen LogP contribution is 2.24. The Morgan fingerprint density at radius 3 is 2.67 bits per heavy atom. The topological polar surface area (TPSA) is 40.5 Å². The molecule has 0 saturated heterocycles. The fourth-order valence-corrected chi connectivity index (χ4v) is 1.79. The lowest BCUT2D eigenvalue weighted by Crippen LogP contribution is -3.06. The molecule has 0 bridgehead atoms. The number of benzene rings is 1. The van der Waals surface area contributed by atoms with E-state index in [9.17, 15) is 0 Å². The minimum Gasteiger partial charge on any atom is -0.356 e. The lowest BCUT2D eigenvalue weighted by atomic mass is 10.3. The van der Waals surface area contributed by atoms with Crippen molar-refractivity contribution in [3.05, 3.63) is 28.2 Å². The van der Waals surface area contributed by atoms with Crippen molar-refractivity contribution in [2.45, 2.75) is 0 Å². The van der Waals surface area contributed by atoms with Gasteiger partial charge in [-0.1, -0.05) is 23.2 Å². The second-order valence-electron chi connectivity index (χ2n) is 4.09. The highest BCUT2D eigenvalue weighted by molar-refractivity contribution is 7.80. The van der Waals surface area contributed by atoms with Gasteiger partial charge in [0.25, 0.3) is 0 Å². The van der Waals surface area contributed by atoms with E-state index in [0.717, 1.165) is 18.8 Å². The molecule has 0 aromatic heterocycles. The van der Waals surface area contributed by atoms with Crippen LogP contribution in [0.5, 0.6) is 0 Å². The molecular formula is C11H17Cl2N4S+. The summed E-state index contributed by atoms with van der Waals surface area (Å²) in [6.45, 7) is 1.80. The summed E-state index contributed by atoms with van der Waals surface area (Å²) >= 11 is 16.9. The van der Waals surface area contributed by atoms with Gasteiger partial charge in [-0.15, -0.1) is 0 Å². The molecule has 0 aliphatic carbocycles. The summed E-state index contributed by atoms with van der Waals surface area (Å²) in [4.78, 5) is 1.36. The molecule has 0 amide bonds.